The molecule has 1 aliphatic heterocycles. The summed E-state index contributed by atoms with van der Waals surface area (Å²) in [6.07, 6.45) is 2.36. The van der Waals surface area contributed by atoms with Crippen molar-refractivity contribution < 1.29 is 23.2 Å². The van der Waals surface area contributed by atoms with Gasteiger partial charge in [0.2, 0.25) is 11.8 Å². The van der Waals surface area contributed by atoms with E-state index in [1.807, 2.05) is 24.3 Å². The van der Waals surface area contributed by atoms with Crippen LogP contribution in [0, 0.1) is 11.6 Å². The summed E-state index contributed by atoms with van der Waals surface area (Å²) in [4.78, 5) is 38.6. The quantitative estimate of drug-likeness (QED) is 0.584. The Hall–Kier alpha value is -3.49. The molecule has 1 atom stereocenters. The maximum atomic E-state index is 13.6. The molecule has 1 heterocycles. The SMILES string of the molecule is CC(CC(=O)Nc1cccc(N2CCCC2)c1)NC(=O)CNC(=O)c1ccc(F)cc1F. The van der Waals surface area contributed by atoms with Gasteiger partial charge in [0.1, 0.15) is 11.6 Å². The van der Waals surface area contributed by atoms with Crippen LogP contribution in [0.25, 0.3) is 0 Å². The second-order valence-corrected chi connectivity index (χ2v) is 7.77. The van der Waals surface area contributed by atoms with Crippen LogP contribution in [-0.2, 0) is 9.59 Å². The van der Waals surface area contributed by atoms with Gasteiger partial charge in [0.15, 0.2) is 0 Å². The lowest BCUT2D eigenvalue weighted by Gasteiger charge is -2.19. The first-order chi connectivity index (χ1) is 15.3. The largest absolute Gasteiger partial charge is 0.371 e. The van der Waals surface area contributed by atoms with Crippen molar-refractivity contribution in [3.8, 4) is 0 Å². The van der Waals surface area contributed by atoms with Gasteiger partial charge in [-0.25, -0.2) is 8.78 Å². The molecule has 3 N–H and O–H groups in total. The van der Waals surface area contributed by atoms with Gasteiger partial charge in [-0.2, -0.15) is 0 Å². The standard InChI is InChI=1S/C23H26F2N4O3/c1-15(27-22(31)14-26-23(32)19-8-7-16(24)12-20(19)25)11-21(30)28-17-5-4-6-18(13-17)29-9-2-3-10-29/h4-8,12-13,15H,2-3,9-11,14H2,1H3,(H,26,32)(H,27,31)(H,28,30). The van der Waals surface area contributed by atoms with Gasteiger partial charge in [0.25, 0.3) is 5.91 Å². The Balaban J connectivity index is 1.43. The van der Waals surface area contributed by atoms with Gasteiger partial charge in [-0.15, -0.1) is 0 Å². The molecule has 0 aliphatic carbocycles. The van der Waals surface area contributed by atoms with Crippen molar-refractivity contribution in [3.63, 3.8) is 0 Å². The molecule has 9 heteroatoms. The number of carbonyl (C=O) groups excluding carboxylic acids is 3. The minimum absolute atomic E-state index is 0.0419. The van der Waals surface area contributed by atoms with E-state index in [2.05, 4.69) is 20.9 Å². The molecular formula is C23H26F2N4O3. The van der Waals surface area contributed by atoms with Gasteiger partial charge in [-0.1, -0.05) is 6.07 Å². The monoisotopic (exact) mass is 444 g/mol. The Morgan fingerprint density at radius 3 is 2.50 bits per heavy atom. The Bertz CT molecular complexity index is 993. The van der Waals surface area contributed by atoms with Gasteiger partial charge in [0, 0.05) is 43.0 Å². The lowest BCUT2D eigenvalue weighted by molar-refractivity contribution is -0.121. The molecule has 0 bridgehead atoms. The van der Waals surface area contributed by atoms with Gasteiger partial charge in [0.05, 0.1) is 12.1 Å². The van der Waals surface area contributed by atoms with E-state index < -0.39 is 36.0 Å². The number of benzene rings is 2. The maximum Gasteiger partial charge on any atom is 0.254 e. The molecule has 0 spiro atoms. The predicted octanol–water partition coefficient (Wildman–Crippen LogP) is 2.83. The molecule has 1 saturated heterocycles. The van der Waals surface area contributed by atoms with Crippen LogP contribution in [0.15, 0.2) is 42.5 Å². The molecule has 3 rings (SSSR count). The number of halogens is 2. The van der Waals surface area contributed by atoms with Crippen molar-refractivity contribution in [3.05, 3.63) is 59.7 Å². The highest BCUT2D eigenvalue weighted by Crippen LogP contribution is 2.23. The third-order valence-electron chi connectivity index (χ3n) is 5.09. The highest BCUT2D eigenvalue weighted by atomic mass is 19.1. The molecule has 1 fully saturated rings. The van der Waals surface area contributed by atoms with Crippen molar-refractivity contribution >= 4 is 29.1 Å². The Morgan fingerprint density at radius 1 is 1.03 bits per heavy atom. The van der Waals surface area contributed by atoms with Crippen LogP contribution >= 0.6 is 0 Å². The topological polar surface area (TPSA) is 90.5 Å². The van der Waals surface area contributed by atoms with E-state index in [0.29, 0.717) is 11.8 Å². The first-order valence-electron chi connectivity index (χ1n) is 10.5. The second-order valence-electron chi connectivity index (χ2n) is 7.77. The molecule has 1 unspecified atom stereocenters. The van der Waals surface area contributed by atoms with Crippen LogP contribution in [0.5, 0.6) is 0 Å². The van der Waals surface area contributed by atoms with E-state index in [1.165, 1.54) is 0 Å². The minimum Gasteiger partial charge on any atom is -0.371 e. The zero-order chi connectivity index (χ0) is 23.1. The van der Waals surface area contributed by atoms with Crippen LogP contribution in [-0.4, -0.2) is 43.4 Å². The number of rotatable bonds is 8. The summed E-state index contributed by atoms with van der Waals surface area (Å²) in [5, 5.41) is 7.71. The Morgan fingerprint density at radius 2 is 1.78 bits per heavy atom. The van der Waals surface area contributed by atoms with Crippen LogP contribution in [0.2, 0.25) is 0 Å². The number of hydrogen-bond donors (Lipinski definition) is 3. The molecule has 3 amide bonds. The zero-order valence-electron chi connectivity index (χ0n) is 17.8. The van der Waals surface area contributed by atoms with Crippen molar-refractivity contribution in [2.24, 2.45) is 0 Å². The Labute approximate surface area is 185 Å². The molecule has 0 saturated carbocycles. The molecule has 1 aliphatic rings. The van der Waals surface area contributed by atoms with Gasteiger partial charge < -0.3 is 20.9 Å². The highest BCUT2D eigenvalue weighted by Gasteiger charge is 2.17. The summed E-state index contributed by atoms with van der Waals surface area (Å²) in [6.45, 7) is 3.27. The van der Waals surface area contributed by atoms with E-state index >= 15 is 0 Å². The average Bonchev–Trinajstić information content (AvgIpc) is 3.27. The number of nitrogens with zero attached hydrogens (tertiary/aromatic N) is 1. The van der Waals surface area contributed by atoms with Crippen molar-refractivity contribution in [1.29, 1.82) is 0 Å². The van der Waals surface area contributed by atoms with Crippen molar-refractivity contribution in [2.75, 3.05) is 29.9 Å². The van der Waals surface area contributed by atoms with Crippen LogP contribution < -0.4 is 20.9 Å². The number of nitrogens with one attached hydrogen (secondary N) is 3. The van der Waals surface area contributed by atoms with Crippen LogP contribution in [0.4, 0.5) is 20.2 Å². The van der Waals surface area contributed by atoms with Gasteiger partial charge in [-0.3, -0.25) is 14.4 Å². The minimum atomic E-state index is -1.01. The third kappa shape index (κ3) is 6.50. The molecule has 32 heavy (non-hydrogen) atoms. The maximum absolute atomic E-state index is 13.6. The fraction of sp³-hybridized carbons (Fsp3) is 0.348. The summed E-state index contributed by atoms with van der Waals surface area (Å²) < 4.78 is 26.6. The second kappa shape index (κ2) is 10.7. The lowest BCUT2D eigenvalue weighted by atomic mass is 10.2. The Kier molecular flexibility index (Phi) is 7.75. The van der Waals surface area contributed by atoms with Crippen molar-refractivity contribution in [2.45, 2.75) is 32.2 Å². The number of amides is 3. The summed E-state index contributed by atoms with van der Waals surface area (Å²) >= 11 is 0. The summed E-state index contributed by atoms with van der Waals surface area (Å²) in [5.41, 5.74) is 1.39. The lowest BCUT2D eigenvalue weighted by Crippen LogP contribution is -2.42. The first kappa shape index (κ1) is 23.2. The molecule has 7 nitrogen and oxygen atoms in total. The highest BCUT2D eigenvalue weighted by molar-refractivity contribution is 5.97. The smallest absolute Gasteiger partial charge is 0.254 e. The average molecular weight is 444 g/mol. The zero-order valence-corrected chi connectivity index (χ0v) is 17.8. The first-order valence-corrected chi connectivity index (χ1v) is 10.5. The molecule has 0 radical (unpaired) electrons. The normalized spacial score (nSPS) is 14.0. The van der Waals surface area contributed by atoms with E-state index in [0.717, 1.165) is 43.8 Å². The predicted molar refractivity (Wildman–Crippen MR) is 117 cm³/mol. The van der Waals surface area contributed by atoms with Crippen LogP contribution in [0.1, 0.15) is 36.5 Å². The number of anilines is 2. The van der Waals surface area contributed by atoms with Gasteiger partial charge in [-0.05, 0) is 50.1 Å². The van der Waals surface area contributed by atoms with Crippen LogP contribution in [0.3, 0.4) is 0 Å². The summed E-state index contributed by atoms with van der Waals surface area (Å²) in [6, 6.07) is 9.71. The van der Waals surface area contributed by atoms with Crippen molar-refractivity contribution in [1.82, 2.24) is 10.6 Å². The molecule has 2 aromatic rings. The van der Waals surface area contributed by atoms with Gasteiger partial charge >= 0.3 is 0 Å². The molecular weight excluding hydrogens is 418 g/mol. The number of hydrogen-bond acceptors (Lipinski definition) is 4. The summed E-state index contributed by atoms with van der Waals surface area (Å²) in [5.74, 6) is -3.43. The summed E-state index contributed by atoms with van der Waals surface area (Å²) in [7, 11) is 0. The van der Waals surface area contributed by atoms with E-state index in [-0.39, 0.29) is 17.9 Å². The van der Waals surface area contributed by atoms with E-state index in [4.69, 9.17) is 0 Å². The number of carbonyl (C=O) groups is 3. The fourth-order valence-electron chi connectivity index (χ4n) is 3.55. The third-order valence-corrected chi connectivity index (χ3v) is 5.09. The molecule has 2 aromatic carbocycles. The van der Waals surface area contributed by atoms with E-state index in [9.17, 15) is 23.2 Å². The fourth-order valence-corrected chi connectivity index (χ4v) is 3.55. The molecule has 170 valence electrons. The molecule has 0 aromatic heterocycles. The van der Waals surface area contributed by atoms with E-state index in [1.54, 1.807) is 6.92 Å².